The zero-order valence-corrected chi connectivity index (χ0v) is 12.1. The van der Waals surface area contributed by atoms with E-state index in [4.69, 9.17) is 11.6 Å². The van der Waals surface area contributed by atoms with Crippen molar-refractivity contribution in [3.05, 3.63) is 40.3 Å². The van der Waals surface area contributed by atoms with E-state index < -0.39 is 0 Å². The van der Waals surface area contributed by atoms with Gasteiger partial charge in [-0.1, -0.05) is 11.6 Å². The Morgan fingerprint density at radius 2 is 2.21 bits per heavy atom. The summed E-state index contributed by atoms with van der Waals surface area (Å²) >= 11 is 9.21. The molecule has 0 unspecified atom stereocenters. The zero-order chi connectivity index (χ0) is 13.2. The molecule has 3 aromatic heterocycles. The minimum Gasteiger partial charge on any atom is -0.368 e. The van der Waals surface area contributed by atoms with Crippen molar-refractivity contribution in [2.24, 2.45) is 0 Å². The molecule has 3 heterocycles. The minimum atomic E-state index is 0.641. The van der Waals surface area contributed by atoms with Crippen LogP contribution in [0.2, 0.25) is 5.02 Å². The summed E-state index contributed by atoms with van der Waals surface area (Å²) in [4.78, 5) is 4.25. The summed E-state index contributed by atoms with van der Waals surface area (Å²) in [6.07, 6.45) is 6.88. The van der Waals surface area contributed by atoms with Crippen molar-refractivity contribution in [1.82, 2.24) is 24.4 Å². The maximum absolute atomic E-state index is 5.81. The number of aromatic nitrogens is 5. The Hall–Kier alpha value is -1.60. The molecule has 98 valence electrons. The van der Waals surface area contributed by atoms with E-state index in [-0.39, 0.29) is 0 Å². The topological polar surface area (TPSA) is 60.0 Å². The molecular weight excluding hydrogens is 332 g/mol. The normalized spacial score (nSPS) is 11.1. The van der Waals surface area contributed by atoms with Crippen molar-refractivity contribution in [2.45, 2.75) is 6.54 Å². The van der Waals surface area contributed by atoms with E-state index in [9.17, 15) is 0 Å². The van der Waals surface area contributed by atoms with Crippen molar-refractivity contribution in [2.75, 3.05) is 11.9 Å². The number of nitrogens with zero attached hydrogens (tertiary/aromatic N) is 5. The van der Waals surface area contributed by atoms with Crippen LogP contribution in [-0.2, 0) is 6.54 Å². The number of halogens is 2. The molecular formula is C11H10BrClN6. The lowest BCUT2D eigenvalue weighted by Crippen LogP contribution is -2.13. The maximum atomic E-state index is 5.81. The maximum Gasteiger partial charge on any atom is 0.171 e. The summed E-state index contributed by atoms with van der Waals surface area (Å²) in [6.45, 7) is 1.44. The predicted octanol–water partition coefficient (Wildman–Crippen LogP) is 2.45. The van der Waals surface area contributed by atoms with Gasteiger partial charge in [0, 0.05) is 18.9 Å². The van der Waals surface area contributed by atoms with Gasteiger partial charge in [-0.3, -0.25) is 4.68 Å². The fourth-order valence-electron chi connectivity index (χ4n) is 1.76. The van der Waals surface area contributed by atoms with Crippen LogP contribution in [0.3, 0.4) is 0 Å². The average molecular weight is 342 g/mol. The van der Waals surface area contributed by atoms with Crippen LogP contribution in [0.4, 0.5) is 5.82 Å². The van der Waals surface area contributed by atoms with E-state index in [1.807, 2.05) is 6.07 Å². The molecule has 0 aliphatic heterocycles. The SMILES string of the molecule is Clc1cnn(CCNc2ccnc3c(Br)cnn23)c1. The fourth-order valence-corrected chi connectivity index (χ4v) is 2.27. The predicted molar refractivity (Wildman–Crippen MR) is 76.4 cm³/mol. The molecule has 19 heavy (non-hydrogen) atoms. The quantitative estimate of drug-likeness (QED) is 0.792. The van der Waals surface area contributed by atoms with Crippen LogP contribution in [0.1, 0.15) is 0 Å². The van der Waals surface area contributed by atoms with Gasteiger partial charge in [0.1, 0.15) is 5.82 Å². The Morgan fingerprint density at radius 1 is 1.32 bits per heavy atom. The van der Waals surface area contributed by atoms with Crippen LogP contribution in [0.5, 0.6) is 0 Å². The Bertz CT molecular complexity index is 706. The van der Waals surface area contributed by atoms with Crippen LogP contribution in [0.15, 0.2) is 35.3 Å². The zero-order valence-electron chi connectivity index (χ0n) is 9.79. The van der Waals surface area contributed by atoms with Crippen molar-refractivity contribution in [1.29, 1.82) is 0 Å². The third kappa shape index (κ3) is 2.57. The average Bonchev–Trinajstić information content (AvgIpc) is 2.98. The van der Waals surface area contributed by atoms with Crippen LogP contribution in [-0.4, -0.2) is 30.9 Å². The van der Waals surface area contributed by atoms with E-state index in [2.05, 4.69) is 36.4 Å². The molecule has 0 aliphatic rings. The molecule has 0 amide bonds. The van der Waals surface area contributed by atoms with Gasteiger partial charge in [0.05, 0.1) is 28.4 Å². The summed E-state index contributed by atoms with van der Waals surface area (Å²) in [5.41, 5.74) is 0.784. The van der Waals surface area contributed by atoms with Crippen molar-refractivity contribution < 1.29 is 0 Å². The number of anilines is 1. The molecule has 0 aromatic carbocycles. The second-order valence-electron chi connectivity index (χ2n) is 3.91. The fraction of sp³-hybridized carbons (Fsp3) is 0.182. The number of nitrogens with one attached hydrogen (secondary N) is 1. The minimum absolute atomic E-state index is 0.641. The van der Waals surface area contributed by atoms with E-state index >= 15 is 0 Å². The number of hydrogen-bond acceptors (Lipinski definition) is 4. The molecule has 0 bridgehead atoms. The summed E-state index contributed by atoms with van der Waals surface area (Å²) in [6, 6.07) is 1.88. The molecule has 8 heteroatoms. The number of rotatable bonds is 4. The molecule has 3 aromatic rings. The van der Waals surface area contributed by atoms with Crippen molar-refractivity contribution >= 4 is 39.0 Å². The highest BCUT2D eigenvalue weighted by Gasteiger charge is 2.05. The van der Waals surface area contributed by atoms with Gasteiger partial charge in [0.15, 0.2) is 5.65 Å². The molecule has 0 atom stereocenters. The van der Waals surface area contributed by atoms with E-state index in [0.29, 0.717) is 11.6 Å². The molecule has 0 saturated carbocycles. The molecule has 1 N–H and O–H groups in total. The summed E-state index contributed by atoms with van der Waals surface area (Å²) in [5.74, 6) is 0.883. The molecule has 0 spiro atoms. The second-order valence-corrected chi connectivity index (χ2v) is 5.20. The van der Waals surface area contributed by atoms with Crippen molar-refractivity contribution in [3.63, 3.8) is 0 Å². The molecule has 0 saturated heterocycles. The highest BCUT2D eigenvalue weighted by atomic mass is 79.9. The third-order valence-corrected chi connectivity index (χ3v) is 3.36. The molecule has 6 nitrogen and oxygen atoms in total. The second kappa shape index (κ2) is 5.18. The molecule has 0 aliphatic carbocycles. The first-order valence-corrected chi connectivity index (χ1v) is 6.81. The summed E-state index contributed by atoms with van der Waals surface area (Å²) in [5, 5.41) is 12.3. The van der Waals surface area contributed by atoms with Gasteiger partial charge >= 0.3 is 0 Å². The Morgan fingerprint density at radius 3 is 3.00 bits per heavy atom. The lowest BCUT2D eigenvalue weighted by atomic mass is 10.5. The van der Waals surface area contributed by atoms with Crippen LogP contribution >= 0.6 is 27.5 Å². The van der Waals surface area contributed by atoms with Gasteiger partial charge in [-0.25, -0.2) is 4.98 Å². The molecule has 0 radical (unpaired) electrons. The first kappa shape index (κ1) is 12.4. The number of hydrogen-bond donors (Lipinski definition) is 1. The van der Waals surface area contributed by atoms with E-state index in [1.165, 1.54) is 0 Å². The Labute approximate surface area is 122 Å². The van der Waals surface area contributed by atoms with Gasteiger partial charge < -0.3 is 5.32 Å². The van der Waals surface area contributed by atoms with Gasteiger partial charge in [0.2, 0.25) is 0 Å². The Kier molecular flexibility index (Phi) is 3.39. The third-order valence-electron chi connectivity index (χ3n) is 2.61. The lowest BCUT2D eigenvalue weighted by Gasteiger charge is -2.07. The van der Waals surface area contributed by atoms with Gasteiger partial charge in [-0.15, -0.1) is 0 Å². The highest BCUT2D eigenvalue weighted by Crippen LogP contribution is 2.18. The molecule has 3 rings (SSSR count). The highest BCUT2D eigenvalue weighted by molar-refractivity contribution is 9.10. The number of fused-ring (bicyclic) bond motifs is 1. The van der Waals surface area contributed by atoms with E-state index in [0.717, 1.165) is 22.5 Å². The Balaban J connectivity index is 1.71. The summed E-state index contributed by atoms with van der Waals surface area (Å²) < 4.78 is 4.40. The van der Waals surface area contributed by atoms with Crippen molar-refractivity contribution in [3.8, 4) is 0 Å². The van der Waals surface area contributed by atoms with Crippen LogP contribution in [0.25, 0.3) is 5.65 Å². The van der Waals surface area contributed by atoms with Crippen LogP contribution < -0.4 is 5.32 Å². The van der Waals surface area contributed by atoms with Gasteiger partial charge in [-0.2, -0.15) is 14.7 Å². The van der Waals surface area contributed by atoms with E-state index in [1.54, 1.807) is 34.0 Å². The lowest BCUT2D eigenvalue weighted by molar-refractivity contribution is 0.636. The first-order chi connectivity index (χ1) is 9.24. The monoisotopic (exact) mass is 340 g/mol. The van der Waals surface area contributed by atoms with Gasteiger partial charge in [-0.05, 0) is 22.0 Å². The van der Waals surface area contributed by atoms with Gasteiger partial charge in [0.25, 0.3) is 0 Å². The largest absolute Gasteiger partial charge is 0.368 e. The summed E-state index contributed by atoms with van der Waals surface area (Å²) in [7, 11) is 0. The molecule has 0 fully saturated rings. The van der Waals surface area contributed by atoms with Crippen LogP contribution in [0, 0.1) is 0 Å². The standard InChI is InChI=1S/C11H10BrClN6/c12-9-6-17-19-10(1-2-15-11(9)19)14-3-4-18-7-8(13)5-16-18/h1-2,5-7,14H,3-4H2. The smallest absolute Gasteiger partial charge is 0.171 e. The first-order valence-electron chi connectivity index (χ1n) is 5.64.